The minimum atomic E-state index is -0.470. The van der Waals surface area contributed by atoms with Gasteiger partial charge in [-0.1, -0.05) is 12.1 Å². The topological polar surface area (TPSA) is 84.9 Å². The highest BCUT2D eigenvalue weighted by Gasteiger charge is 2.36. The molecule has 2 amide bonds. The summed E-state index contributed by atoms with van der Waals surface area (Å²) in [6, 6.07) is 6.82. The van der Waals surface area contributed by atoms with E-state index in [0.717, 1.165) is 19.4 Å². The quantitative estimate of drug-likeness (QED) is 0.778. The predicted molar refractivity (Wildman–Crippen MR) is 94.8 cm³/mol. The fraction of sp³-hybridized carbons (Fsp3) is 0.526. The number of nitrogens with one attached hydrogen (secondary N) is 1. The molecule has 3 rings (SSSR count). The molecule has 140 valence electrons. The number of amides is 2. The summed E-state index contributed by atoms with van der Waals surface area (Å²) in [4.78, 5) is 38.5. The molecular formula is C19H24N2O5. The molecule has 2 atom stereocenters. The second kappa shape index (κ2) is 8.31. The smallest absolute Gasteiger partial charge is 0.340 e. The lowest BCUT2D eigenvalue weighted by atomic mass is 10.1. The van der Waals surface area contributed by atoms with E-state index in [4.69, 9.17) is 9.47 Å². The Bertz CT molecular complexity index is 684. The third-order valence-electron chi connectivity index (χ3n) is 4.71. The lowest BCUT2D eigenvalue weighted by molar-refractivity contribution is -0.126. The number of para-hydroxylation sites is 1. The van der Waals surface area contributed by atoms with Crippen molar-refractivity contribution in [1.29, 1.82) is 0 Å². The molecular weight excluding hydrogens is 336 g/mol. The number of anilines is 1. The molecule has 0 bridgehead atoms. The van der Waals surface area contributed by atoms with Gasteiger partial charge in [-0.15, -0.1) is 0 Å². The van der Waals surface area contributed by atoms with Crippen LogP contribution in [0.5, 0.6) is 0 Å². The minimum absolute atomic E-state index is 0.0664. The van der Waals surface area contributed by atoms with Crippen LogP contribution in [0.4, 0.5) is 5.69 Å². The normalized spacial score (nSPS) is 22.5. The van der Waals surface area contributed by atoms with Crippen molar-refractivity contribution in [2.75, 3.05) is 31.2 Å². The third kappa shape index (κ3) is 4.04. The number of carbonyl (C=O) groups excluding carboxylic acids is 3. The van der Waals surface area contributed by atoms with Crippen LogP contribution in [0.3, 0.4) is 0 Å². The van der Waals surface area contributed by atoms with E-state index in [1.54, 1.807) is 31.2 Å². The van der Waals surface area contributed by atoms with Crippen molar-refractivity contribution in [3.05, 3.63) is 29.8 Å². The number of carbonyl (C=O) groups is 3. The van der Waals surface area contributed by atoms with Gasteiger partial charge in [-0.05, 0) is 31.9 Å². The van der Waals surface area contributed by atoms with Crippen molar-refractivity contribution in [1.82, 2.24) is 5.32 Å². The van der Waals surface area contributed by atoms with Crippen LogP contribution in [0.25, 0.3) is 0 Å². The molecule has 7 heteroatoms. The molecule has 26 heavy (non-hydrogen) atoms. The maximum absolute atomic E-state index is 12.5. The first kappa shape index (κ1) is 18.4. The van der Waals surface area contributed by atoms with Crippen molar-refractivity contribution in [3.8, 4) is 0 Å². The van der Waals surface area contributed by atoms with Gasteiger partial charge in [0.2, 0.25) is 11.8 Å². The van der Waals surface area contributed by atoms with E-state index in [1.807, 2.05) is 0 Å². The van der Waals surface area contributed by atoms with Gasteiger partial charge in [0.05, 0.1) is 29.9 Å². The van der Waals surface area contributed by atoms with E-state index in [-0.39, 0.29) is 37.5 Å². The standard InChI is InChI=1S/C19H24N2O5/c1-2-25-19(24)15-7-3-4-8-16(15)21-12-13(10-17(21)22)18(23)20-11-14-6-5-9-26-14/h3-4,7-8,13-14H,2,5-6,9-12H2,1H3,(H,20,23). The first-order chi connectivity index (χ1) is 12.6. The van der Waals surface area contributed by atoms with Crippen LogP contribution in [-0.4, -0.2) is 50.2 Å². The molecule has 7 nitrogen and oxygen atoms in total. The zero-order valence-electron chi connectivity index (χ0n) is 14.9. The predicted octanol–water partition coefficient (Wildman–Crippen LogP) is 1.51. The summed E-state index contributed by atoms with van der Waals surface area (Å²) in [7, 11) is 0. The van der Waals surface area contributed by atoms with Crippen LogP contribution in [0.1, 0.15) is 36.5 Å². The van der Waals surface area contributed by atoms with Gasteiger partial charge in [-0.3, -0.25) is 9.59 Å². The zero-order chi connectivity index (χ0) is 18.5. The summed E-state index contributed by atoms with van der Waals surface area (Å²) >= 11 is 0. The SMILES string of the molecule is CCOC(=O)c1ccccc1N1CC(C(=O)NCC2CCCO2)CC1=O. The fourth-order valence-corrected chi connectivity index (χ4v) is 3.37. The zero-order valence-corrected chi connectivity index (χ0v) is 14.9. The van der Waals surface area contributed by atoms with Gasteiger partial charge in [0.25, 0.3) is 0 Å². The van der Waals surface area contributed by atoms with Crippen LogP contribution in [0.2, 0.25) is 0 Å². The molecule has 0 aromatic heterocycles. The Kier molecular flexibility index (Phi) is 5.88. The van der Waals surface area contributed by atoms with Gasteiger partial charge >= 0.3 is 5.97 Å². The maximum Gasteiger partial charge on any atom is 0.340 e. The van der Waals surface area contributed by atoms with Crippen molar-refractivity contribution < 1.29 is 23.9 Å². The lowest BCUT2D eigenvalue weighted by Crippen LogP contribution is -2.37. The second-order valence-electron chi connectivity index (χ2n) is 6.52. The second-order valence-corrected chi connectivity index (χ2v) is 6.52. The Balaban J connectivity index is 1.66. The van der Waals surface area contributed by atoms with Gasteiger partial charge in [0.15, 0.2) is 0 Å². The maximum atomic E-state index is 12.5. The van der Waals surface area contributed by atoms with E-state index in [1.165, 1.54) is 4.90 Å². The van der Waals surface area contributed by atoms with Gasteiger partial charge < -0.3 is 19.7 Å². The molecule has 2 heterocycles. The number of nitrogens with zero attached hydrogens (tertiary/aromatic N) is 1. The molecule has 0 saturated carbocycles. The molecule has 2 fully saturated rings. The molecule has 2 unspecified atom stereocenters. The summed E-state index contributed by atoms with van der Waals surface area (Å²) < 4.78 is 10.6. The van der Waals surface area contributed by atoms with E-state index >= 15 is 0 Å². The average Bonchev–Trinajstić information content (AvgIpc) is 3.29. The van der Waals surface area contributed by atoms with Crippen LogP contribution in [0.15, 0.2) is 24.3 Å². The summed E-state index contributed by atoms with van der Waals surface area (Å²) in [5.74, 6) is -1.22. The highest BCUT2D eigenvalue weighted by Crippen LogP contribution is 2.29. The van der Waals surface area contributed by atoms with Gasteiger partial charge in [-0.2, -0.15) is 0 Å². The molecule has 0 spiro atoms. The number of hydrogen-bond donors (Lipinski definition) is 1. The lowest BCUT2D eigenvalue weighted by Gasteiger charge is -2.20. The fourth-order valence-electron chi connectivity index (χ4n) is 3.37. The van der Waals surface area contributed by atoms with Crippen molar-refractivity contribution >= 4 is 23.5 Å². The molecule has 2 saturated heterocycles. The molecule has 0 radical (unpaired) electrons. The van der Waals surface area contributed by atoms with E-state index in [2.05, 4.69) is 5.32 Å². The number of ether oxygens (including phenoxy) is 2. The highest BCUT2D eigenvalue weighted by atomic mass is 16.5. The highest BCUT2D eigenvalue weighted by molar-refractivity contribution is 6.05. The van der Waals surface area contributed by atoms with Crippen LogP contribution >= 0.6 is 0 Å². The van der Waals surface area contributed by atoms with Crippen LogP contribution in [0, 0.1) is 5.92 Å². The Labute approximate surface area is 152 Å². The monoisotopic (exact) mass is 360 g/mol. The average molecular weight is 360 g/mol. The van der Waals surface area contributed by atoms with E-state index in [0.29, 0.717) is 17.8 Å². The third-order valence-corrected chi connectivity index (χ3v) is 4.71. The first-order valence-electron chi connectivity index (χ1n) is 9.06. The van der Waals surface area contributed by atoms with Gasteiger partial charge in [0.1, 0.15) is 0 Å². The number of benzene rings is 1. The van der Waals surface area contributed by atoms with Crippen molar-refractivity contribution in [2.24, 2.45) is 5.92 Å². The van der Waals surface area contributed by atoms with E-state index in [9.17, 15) is 14.4 Å². The summed E-state index contributed by atoms with van der Waals surface area (Å²) in [6.45, 7) is 3.46. The van der Waals surface area contributed by atoms with Gasteiger partial charge in [-0.25, -0.2) is 4.79 Å². The molecule has 0 aliphatic carbocycles. The number of hydrogen-bond acceptors (Lipinski definition) is 5. The van der Waals surface area contributed by atoms with Crippen molar-refractivity contribution in [3.63, 3.8) is 0 Å². The molecule has 1 N–H and O–H groups in total. The first-order valence-corrected chi connectivity index (χ1v) is 9.06. The van der Waals surface area contributed by atoms with Gasteiger partial charge in [0, 0.05) is 26.1 Å². The largest absolute Gasteiger partial charge is 0.462 e. The van der Waals surface area contributed by atoms with Crippen LogP contribution in [-0.2, 0) is 19.1 Å². The molecule has 2 aliphatic rings. The Morgan fingerprint density at radius 2 is 2.15 bits per heavy atom. The summed E-state index contributed by atoms with van der Waals surface area (Å²) in [5, 5.41) is 2.88. The summed E-state index contributed by atoms with van der Waals surface area (Å²) in [6.07, 6.45) is 2.16. The Morgan fingerprint density at radius 3 is 2.88 bits per heavy atom. The molecule has 1 aromatic rings. The number of rotatable bonds is 6. The molecule has 2 aliphatic heterocycles. The van der Waals surface area contributed by atoms with E-state index < -0.39 is 11.9 Å². The number of esters is 1. The molecule has 1 aromatic carbocycles. The minimum Gasteiger partial charge on any atom is -0.462 e. The Morgan fingerprint density at radius 1 is 1.35 bits per heavy atom. The van der Waals surface area contributed by atoms with Crippen molar-refractivity contribution in [2.45, 2.75) is 32.3 Å². The summed E-state index contributed by atoms with van der Waals surface area (Å²) in [5.41, 5.74) is 0.827. The Hall–Kier alpha value is -2.41. The van der Waals surface area contributed by atoms with Crippen LogP contribution < -0.4 is 10.2 Å².